The highest BCUT2D eigenvalue weighted by Gasteiger charge is 2.28. The number of fused-ring (bicyclic) bond motifs is 1. The Morgan fingerprint density at radius 3 is 2.64 bits per heavy atom. The molecule has 0 radical (unpaired) electrons. The summed E-state index contributed by atoms with van der Waals surface area (Å²) in [7, 11) is -3.35. The number of sulfonamides is 1. The Morgan fingerprint density at radius 1 is 1.18 bits per heavy atom. The van der Waals surface area contributed by atoms with E-state index in [1.165, 1.54) is 0 Å². The van der Waals surface area contributed by atoms with Crippen molar-refractivity contribution in [3.8, 4) is 0 Å². The quantitative estimate of drug-likeness (QED) is 0.932. The van der Waals surface area contributed by atoms with E-state index in [-0.39, 0.29) is 18.3 Å². The summed E-state index contributed by atoms with van der Waals surface area (Å²) in [6.45, 7) is 1.12. The van der Waals surface area contributed by atoms with Crippen molar-refractivity contribution in [2.45, 2.75) is 18.6 Å². The van der Waals surface area contributed by atoms with Crippen LogP contribution in [-0.4, -0.2) is 42.5 Å². The second-order valence-corrected chi connectivity index (χ2v) is 7.74. The molecule has 0 spiro atoms. The van der Waals surface area contributed by atoms with Crippen molar-refractivity contribution in [1.29, 1.82) is 0 Å². The molecule has 2 heterocycles. The minimum atomic E-state index is -3.35. The molecule has 1 aliphatic rings. The fraction of sp³-hybridized carbons (Fsp3) is 0.438. The van der Waals surface area contributed by atoms with Crippen molar-refractivity contribution < 1.29 is 13.5 Å². The number of benzene rings is 1. The molecule has 2 aromatic rings. The van der Waals surface area contributed by atoms with Crippen LogP contribution in [0.1, 0.15) is 18.4 Å². The molecule has 1 N–H and O–H groups in total. The van der Waals surface area contributed by atoms with Crippen LogP contribution in [0.15, 0.2) is 36.5 Å². The molecule has 6 heteroatoms. The molecule has 1 fully saturated rings. The Labute approximate surface area is 130 Å². The summed E-state index contributed by atoms with van der Waals surface area (Å²) in [5.41, 5.74) is 1.49. The summed E-state index contributed by atoms with van der Waals surface area (Å²) in [6.07, 6.45) is 3.14. The van der Waals surface area contributed by atoms with E-state index in [2.05, 4.69) is 4.98 Å². The van der Waals surface area contributed by atoms with Crippen molar-refractivity contribution in [2.24, 2.45) is 5.92 Å². The largest absolute Gasteiger partial charge is 0.396 e. The summed E-state index contributed by atoms with van der Waals surface area (Å²) in [4.78, 5) is 4.32. The maximum atomic E-state index is 12.6. The van der Waals surface area contributed by atoms with Gasteiger partial charge in [-0.15, -0.1) is 0 Å². The molecule has 0 bridgehead atoms. The van der Waals surface area contributed by atoms with Crippen LogP contribution in [0.25, 0.3) is 10.9 Å². The van der Waals surface area contributed by atoms with E-state index in [4.69, 9.17) is 5.11 Å². The summed E-state index contributed by atoms with van der Waals surface area (Å²) < 4.78 is 26.8. The van der Waals surface area contributed by atoms with Crippen LogP contribution in [0, 0.1) is 5.92 Å². The molecule has 0 saturated carbocycles. The predicted octanol–water partition coefficient (Wildman–Crippen LogP) is 1.77. The van der Waals surface area contributed by atoms with Crippen LogP contribution in [0.2, 0.25) is 0 Å². The molecular weight excluding hydrogens is 300 g/mol. The zero-order valence-electron chi connectivity index (χ0n) is 12.4. The zero-order chi connectivity index (χ0) is 15.6. The average molecular weight is 320 g/mol. The van der Waals surface area contributed by atoms with Gasteiger partial charge in [-0.25, -0.2) is 12.7 Å². The van der Waals surface area contributed by atoms with E-state index < -0.39 is 10.0 Å². The zero-order valence-corrected chi connectivity index (χ0v) is 13.2. The molecule has 1 saturated heterocycles. The van der Waals surface area contributed by atoms with E-state index in [0.717, 1.165) is 29.3 Å². The number of aliphatic hydroxyl groups is 1. The molecule has 1 aromatic heterocycles. The molecule has 0 amide bonds. The maximum Gasteiger partial charge on any atom is 0.218 e. The number of aromatic nitrogens is 1. The smallest absolute Gasteiger partial charge is 0.218 e. The van der Waals surface area contributed by atoms with Gasteiger partial charge in [0.05, 0.1) is 11.3 Å². The number of nitrogens with zero attached hydrogens (tertiary/aromatic N) is 2. The Bertz CT molecular complexity index is 748. The Morgan fingerprint density at radius 2 is 1.91 bits per heavy atom. The summed E-state index contributed by atoms with van der Waals surface area (Å²) >= 11 is 0. The minimum Gasteiger partial charge on any atom is -0.396 e. The van der Waals surface area contributed by atoms with Gasteiger partial charge in [0.15, 0.2) is 0 Å². The summed E-state index contributed by atoms with van der Waals surface area (Å²) in [5.74, 6) is 0.205. The molecule has 3 rings (SSSR count). The van der Waals surface area contributed by atoms with E-state index in [1.54, 1.807) is 10.5 Å². The second-order valence-electron chi connectivity index (χ2n) is 5.77. The lowest BCUT2D eigenvalue weighted by Crippen LogP contribution is -2.39. The molecule has 0 unspecified atom stereocenters. The first-order valence-electron chi connectivity index (χ1n) is 7.51. The molecular formula is C16H20N2O3S. The first-order chi connectivity index (χ1) is 10.6. The van der Waals surface area contributed by atoms with Crippen LogP contribution in [-0.2, 0) is 15.8 Å². The Balaban J connectivity index is 1.82. The number of aliphatic hydroxyl groups excluding tert-OH is 1. The number of hydrogen-bond donors (Lipinski definition) is 1. The fourth-order valence-electron chi connectivity index (χ4n) is 2.94. The monoisotopic (exact) mass is 320 g/mol. The third-order valence-electron chi connectivity index (χ3n) is 4.28. The first kappa shape index (κ1) is 15.4. The van der Waals surface area contributed by atoms with Gasteiger partial charge in [0.1, 0.15) is 0 Å². The first-order valence-corrected chi connectivity index (χ1v) is 9.12. The summed E-state index contributed by atoms with van der Waals surface area (Å²) in [5, 5.41) is 10.1. The van der Waals surface area contributed by atoms with Crippen molar-refractivity contribution in [2.75, 3.05) is 19.7 Å². The van der Waals surface area contributed by atoms with Gasteiger partial charge < -0.3 is 5.11 Å². The Kier molecular flexibility index (Phi) is 4.42. The number of para-hydroxylation sites is 1. The molecule has 5 nitrogen and oxygen atoms in total. The van der Waals surface area contributed by atoms with Crippen molar-refractivity contribution in [3.05, 3.63) is 42.1 Å². The van der Waals surface area contributed by atoms with Gasteiger partial charge in [-0.1, -0.05) is 24.3 Å². The van der Waals surface area contributed by atoms with Crippen LogP contribution < -0.4 is 0 Å². The van der Waals surface area contributed by atoms with Crippen molar-refractivity contribution in [1.82, 2.24) is 9.29 Å². The molecule has 0 aliphatic carbocycles. The predicted molar refractivity (Wildman–Crippen MR) is 85.7 cm³/mol. The van der Waals surface area contributed by atoms with Gasteiger partial charge in [-0.2, -0.15) is 0 Å². The van der Waals surface area contributed by atoms with Crippen LogP contribution in [0.5, 0.6) is 0 Å². The second kappa shape index (κ2) is 6.32. The number of piperidine rings is 1. The van der Waals surface area contributed by atoms with Gasteiger partial charge >= 0.3 is 0 Å². The topological polar surface area (TPSA) is 70.5 Å². The maximum absolute atomic E-state index is 12.6. The van der Waals surface area contributed by atoms with Gasteiger partial charge in [-0.05, 0) is 30.4 Å². The number of hydrogen-bond acceptors (Lipinski definition) is 4. The van der Waals surface area contributed by atoms with Gasteiger partial charge in [0.25, 0.3) is 0 Å². The van der Waals surface area contributed by atoms with E-state index >= 15 is 0 Å². The third kappa shape index (κ3) is 3.14. The number of rotatable bonds is 4. The molecule has 1 aromatic carbocycles. The number of pyridine rings is 1. The van der Waals surface area contributed by atoms with Crippen molar-refractivity contribution in [3.63, 3.8) is 0 Å². The molecule has 1 aliphatic heterocycles. The lowest BCUT2D eigenvalue weighted by Gasteiger charge is -2.30. The van der Waals surface area contributed by atoms with Crippen molar-refractivity contribution >= 4 is 20.9 Å². The van der Waals surface area contributed by atoms with Crippen LogP contribution in [0.3, 0.4) is 0 Å². The lowest BCUT2D eigenvalue weighted by molar-refractivity contribution is 0.170. The Hall–Kier alpha value is -1.50. The molecule has 118 valence electrons. The van der Waals surface area contributed by atoms with E-state index in [0.29, 0.717) is 13.1 Å². The fourth-order valence-corrected chi connectivity index (χ4v) is 4.52. The van der Waals surface area contributed by atoms with E-state index in [1.807, 2.05) is 30.3 Å². The minimum absolute atomic E-state index is 0.0227. The third-order valence-corrected chi connectivity index (χ3v) is 6.11. The highest BCUT2D eigenvalue weighted by atomic mass is 32.2. The molecule has 22 heavy (non-hydrogen) atoms. The normalized spacial score (nSPS) is 17.9. The van der Waals surface area contributed by atoms with Gasteiger partial charge in [-0.3, -0.25) is 4.98 Å². The van der Waals surface area contributed by atoms with E-state index in [9.17, 15) is 8.42 Å². The van der Waals surface area contributed by atoms with Gasteiger partial charge in [0.2, 0.25) is 10.0 Å². The van der Waals surface area contributed by atoms with Crippen LogP contribution >= 0.6 is 0 Å². The highest BCUT2D eigenvalue weighted by Crippen LogP contribution is 2.23. The van der Waals surface area contributed by atoms with Crippen LogP contribution in [0.4, 0.5) is 0 Å². The highest BCUT2D eigenvalue weighted by molar-refractivity contribution is 7.88. The SMILES string of the molecule is O=S(=O)(Cc1cccc2cccnc12)N1CCC(CO)CC1. The lowest BCUT2D eigenvalue weighted by atomic mass is 10.00. The van der Waals surface area contributed by atoms with Gasteiger partial charge in [0, 0.05) is 31.3 Å². The molecule has 0 atom stereocenters. The standard InChI is InChI=1S/C16H20N2O3S/c19-11-13-6-9-18(10-7-13)22(20,21)12-15-4-1-3-14-5-2-8-17-16(14)15/h1-5,8,13,19H,6-7,9-12H2. The average Bonchev–Trinajstić information content (AvgIpc) is 2.55. The summed E-state index contributed by atoms with van der Waals surface area (Å²) in [6, 6.07) is 9.41.